The van der Waals surface area contributed by atoms with Crippen molar-refractivity contribution in [1.82, 2.24) is 15.3 Å². The van der Waals surface area contributed by atoms with Gasteiger partial charge in [-0.1, -0.05) is 37.3 Å². The standard InChI is InChI=1S/C20H22N4O2/c1-2-14-7-3-4-8-15(14)24-20(26)13-21-19(25)12-11-18-22-16-9-5-6-10-17(16)23-18/h3-10H,2,11-13H2,1H3,(H,21,25)(H,22,23)(H,24,26). The van der Waals surface area contributed by atoms with Gasteiger partial charge in [0.05, 0.1) is 17.6 Å². The second kappa shape index (κ2) is 8.29. The molecule has 2 amide bonds. The number of imidazole rings is 1. The largest absolute Gasteiger partial charge is 0.347 e. The molecule has 3 N–H and O–H groups in total. The third-order valence-corrected chi connectivity index (χ3v) is 4.15. The first-order valence-electron chi connectivity index (χ1n) is 8.74. The first-order chi connectivity index (χ1) is 12.7. The third kappa shape index (κ3) is 4.47. The van der Waals surface area contributed by atoms with Crippen LogP contribution in [0.5, 0.6) is 0 Å². The molecule has 0 bridgehead atoms. The lowest BCUT2D eigenvalue weighted by Gasteiger charge is -2.10. The van der Waals surface area contributed by atoms with Crippen LogP contribution in [0.1, 0.15) is 24.7 Å². The molecule has 0 fully saturated rings. The highest BCUT2D eigenvalue weighted by atomic mass is 16.2. The highest BCUT2D eigenvalue weighted by Crippen LogP contribution is 2.15. The van der Waals surface area contributed by atoms with Crippen LogP contribution in [0.3, 0.4) is 0 Å². The van der Waals surface area contributed by atoms with Crippen LogP contribution in [-0.4, -0.2) is 28.3 Å². The zero-order chi connectivity index (χ0) is 18.4. The number of nitrogens with one attached hydrogen (secondary N) is 3. The number of hydrogen-bond acceptors (Lipinski definition) is 3. The first-order valence-corrected chi connectivity index (χ1v) is 8.74. The number of anilines is 1. The fourth-order valence-corrected chi connectivity index (χ4v) is 2.77. The van der Waals surface area contributed by atoms with Crippen molar-refractivity contribution in [1.29, 1.82) is 0 Å². The minimum Gasteiger partial charge on any atom is -0.347 e. The normalized spacial score (nSPS) is 10.7. The van der Waals surface area contributed by atoms with Crippen molar-refractivity contribution in [2.24, 2.45) is 0 Å². The fourth-order valence-electron chi connectivity index (χ4n) is 2.77. The minimum absolute atomic E-state index is 0.0446. The zero-order valence-electron chi connectivity index (χ0n) is 14.7. The molecule has 1 aromatic heterocycles. The van der Waals surface area contributed by atoms with Crippen molar-refractivity contribution in [3.63, 3.8) is 0 Å². The maximum Gasteiger partial charge on any atom is 0.243 e. The number of aromatic nitrogens is 2. The summed E-state index contributed by atoms with van der Waals surface area (Å²) in [7, 11) is 0. The molecule has 0 unspecified atom stereocenters. The van der Waals surface area contributed by atoms with E-state index in [1.807, 2.05) is 55.5 Å². The van der Waals surface area contributed by atoms with Gasteiger partial charge in [0.2, 0.25) is 11.8 Å². The van der Waals surface area contributed by atoms with E-state index in [0.29, 0.717) is 6.42 Å². The molecule has 1 heterocycles. The SMILES string of the molecule is CCc1ccccc1NC(=O)CNC(=O)CCc1nc2ccccc2[nH]1. The molecule has 0 atom stereocenters. The molecular formula is C20H22N4O2. The lowest BCUT2D eigenvalue weighted by atomic mass is 10.1. The Labute approximate surface area is 152 Å². The van der Waals surface area contributed by atoms with Crippen LogP contribution < -0.4 is 10.6 Å². The molecule has 0 aliphatic heterocycles. The van der Waals surface area contributed by atoms with Gasteiger partial charge in [0, 0.05) is 18.5 Å². The monoisotopic (exact) mass is 350 g/mol. The summed E-state index contributed by atoms with van der Waals surface area (Å²) >= 11 is 0. The van der Waals surface area contributed by atoms with Crippen LogP contribution in [0, 0.1) is 0 Å². The second-order valence-corrected chi connectivity index (χ2v) is 6.04. The van der Waals surface area contributed by atoms with E-state index in [1.165, 1.54) is 0 Å². The summed E-state index contributed by atoms with van der Waals surface area (Å²) in [5.41, 5.74) is 3.70. The van der Waals surface area contributed by atoms with Crippen molar-refractivity contribution in [2.45, 2.75) is 26.2 Å². The summed E-state index contributed by atoms with van der Waals surface area (Å²) in [5, 5.41) is 5.49. The van der Waals surface area contributed by atoms with Gasteiger partial charge in [-0.2, -0.15) is 0 Å². The van der Waals surface area contributed by atoms with Crippen LogP contribution in [-0.2, 0) is 22.4 Å². The summed E-state index contributed by atoms with van der Waals surface area (Å²) in [5.74, 6) is 0.357. The van der Waals surface area contributed by atoms with Crippen molar-refractivity contribution in [3.05, 3.63) is 59.9 Å². The smallest absolute Gasteiger partial charge is 0.243 e. The van der Waals surface area contributed by atoms with E-state index in [9.17, 15) is 9.59 Å². The first kappa shape index (κ1) is 17.7. The lowest BCUT2D eigenvalue weighted by Crippen LogP contribution is -2.33. The van der Waals surface area contributed by atoms with Crippen LogP contribution in [0.15, 0.2) is 48.5 Å². The molecule has 2 aromatic carbocycles. The van der Waals surface area contributed by atoms with Crippen LogP contribution >= 0.6 is 0 Å². The molecule has 134 valence electrons. The number of hydrogen-bond donors (Lipinski definition) is 3. The molecule has 6 heteroatoms. The molecule has 3 rings (SSSR count). The predicted octanol–water partition coefficient (Wildman–Crippen LogP) is 2.81. The number of para-hydroxylation sites is 3. The van der Waals surface area contributed by atoms with E-state index in [2.05, 4.69) is 20.6 Å². The van der Waals surface area contributed by atoms with E-state index in [-0.39, 0.29) is 24.8 Å². The number of nitrogens with zero attached hydrogens (tertiary/aromatic N) is 1. The van der Waals surface area contributed by atoms with Crippen LogP contribution in [0.25, 0.3) is 11.0 Å². The third-order valence-electron chi connectivity index (χ3n) is 4.15. The topological polar surface area (TPSA) is 86.9 Å². The van der Waals surface area contributed by atoms with Gasteiger partial charge in [0.15, 0.2) is 0 Å². The average Bonchev–Trinajstić information content (AvgIpc) is 3.08. The Morgan fingerprint density at radius 2 is 1.81 bits per heavy atom. The molecule has 26 heavy (non-hydrogen) atoms. The van der Waals surface area contributed by atoms with Gasteiger partial charge in [-0.15, -0.1) is 0 Å². The second-order valence-electron chi connectivity index (χ2n) is 6.04. The molecule has 0 aliphatic carbocycles. The van der Waals surface area contributed by atoms with Gasteiger partial charge < -0.3 is 15.6 Å². The summed E-state index contributed by atoms with van der Waals surface area (Å²) in [6, 6.07) is 15.4. The van der Waals surface area contributed by atoms with Crippen molar-refractivity contribution in [2.75, 3.05) is 11.9 Å². The molecule has 6 nitrogen and oxygen atoms in total. The summed E-state index contributed by atoms with van der Waals surface area (Å²) in [6.07, 6.45) is 1.61. The maximum absolute atomic E-state index is 12.0. The number of aromatic amines is 1. The van der Waals surface area contributed by atoms with Crippen LogP contribution in [0.4, 0.5) is 5.69 Å². The van der Waals surface area contributed by atoms with Gasteiger partial charge in [0.1, 0.15) is 5.82 Å². The Balaban J connectivity index is 1.45. The van der Waals surface area contributed by atoms with E-state index < -0.39 is 0 Å². The quantitative estimate of drug-likeness (QED) is 0.612. The Morgan fingerprint density at radius 1 is 1.04 bits per heavy atom. The van der Waals surface area contributed by atoms with Crippen molar-refractivity contribution in [3.8, 4) is 0 Å². The maximum atomic E-state index is 12.0. The van der Waals surface area contributed by atoms with Gasteiger partial charge in [0.25, 0.3) is 0 Å². The van der Waals surface area contributed by atoms with E-state index >= 15 is 0 Å². The van der Waals surface area contributed by atoms with Gasteiger partial charge in [-0.25, -0.2) is 4.98 Å². The van der Waals surface area contributed by atoms with Crippen molar-refractivity contribution >= 4 is 28.5 Å². The van der Waals surface area contributed by atoms with Gasteiger partial charge in [-0.05, 0) is 30.2 Å². The van der Waals surface area contributed by atoms with E-state index in [4.69, 9.17) is 0 Å². The fraction of sp³-hybridized carbons (Fsp3) is 0.250. The number of amides is 2. The number of rotatable bonds is 7. The summed E-state index contributed by atoms with van der Waals surface area (Å²) in [4.78, 5) is 31.6. The molecule has 0 aliphatic rings. The molecule has 0 spiro atoms. The van der Waals surface area contributed by atoms with Crippen LogP contribution in [0.2, 0.25) is 0 Å². The summed E-state index contributed by atoms with van der Waals surface area (Å²) in [6.45, 7) is 1.99. The Kier molecular flexibility index (Phi) is 5.63. The molecule has 3 aromatic rings. The number of aryl methyl sites for hydroxylation is 2. The number of carbonyl (C=O) groups excluding carboxylic acids is 2. The molecule has 0 saturated carbocycles. The Morgan fingerprint density at radius 3 is 2.62 bits per heavy atom. The number of benzene rings is 2. The minimum atomic E-state index is -0.233. The van der Waals surface area contributed by atoms with E-state index in [0.717, 1.165) is 34.5 Å². The van der Waals surface area contributed by atoms with Gasteiger partial charge in [-0.3, -0.25) is 9.59 Å². The highest BCUT2D eigenvalue weighted by Gasteiger charge is 2.09. The average molecular weight is 350 g/mol. The predicted molar refractivity (Wildman–Crippen MR) is 102 cm³/mol. The van der Waals surface area contributed by atoms with Crippen molar-refractivity contribution < 1.29 is 9.59 Å². The lowest BCUT2D eigenvalue weighted by molar-refractivity contribution is -0.124. The molecule has 0 saturated heterocycles. The molecule has 0 radical (unpaired) electrons. The number of carbonyl (C=O) groups is 2. The number of fused-ring (bicyclic) bond motifs is 1. The Hall–Kier alpha value is -3.15. The Bertz CT molecular complexity index is 884. The van der Waals surface area contributed by atoms with E-state index in [1.54, 1.807) is 0 Å². The highest BCUT2D eigenvalue weighted by molar-refractivity contribution is 5.95. The molecular weight excluding hydrogens is 328 g/mol. The summed E-state index contributed by atoms with van der Waals surface area (Å²) < 4.78 is 0. The number of H-pyrrole nitrogens is 1. The zero-order valence-corrected chi connectivity index (χ0v) is 14.7. The van der Waals surface area contributed by atoms with Gasteiger partial charge >= 0.3 is 0 Å².